The molecule has 1 amide bonds. The van der Waals surface area contributed by atoms with E-state index in [-0.39, 0.29) is 28.8 Å². The van der Waals surface area contributed by atoms with Crippen molar-refractivity contribution in [1.29, 1.82) is 0 Å². The lowest BCUT2D eigenvalue weighted by Crippen LogP contribution is -2.34. The highest BCUT2D eigenvalue weighted by atomic mass is 19.1. The Balaban J connectivity index is 1.83. The van der Waals surface area contributed by atoms with Crippen molar-refractivity contribution in [2.24, 2.45) is 7.05 Å². The number of hydrogen-bond donors (Lipinski definition) is 2. The highest BCUT2D eigenvalue weighted by Crippen LogP contribution is 2.28. The van der Waals surface area contributed by atoms with Crippen molar-refractivity contribution < 1.29 is 23.8 Å². The van der Waals surface area contributed by atoms with Gasteiger partial charge in [0.2, 0.25) is 5.88 Å². The largest absolute Gasteiger partial charge is 0.478 e. The van der Waals surface area contributed by atoms with Crippen LogP contribution < -0.4 is 10.1 Å². The number of rotatable bonds is 6. The zero-order valence-electron chi connectivity index (χ0n) is 16.8. The number of carboxylic acids is 1. The van der Waals surface area contributed by atoms with Crippen molar-refractivity contribution in [2.75, 3.05) is 0 Å². The van der Waals surface area contributed by atoms with Crippen molar-refractivity contribution in [1.82, 2.24) is 15.1 Å². The van der Waals surface area contributed by atoms with Crippen molar-refractivity contribution in [2.45, 2.75) is 26.3 Å². The summed E-state index contributed by atoms with van der Waals surface area (Å²) in [5.41, 5.74) is 1.74. The fourth-order valence-electron chi connectivity index (χ4n) is 3.10. The summed E-state index contributed by atoms with van der Waals surface area (Å²) < 4.78 is 20.7. The van der Waals surface area contributed by atoms with Crippen LogP contribution in [0.2, 0.25) is 0 Å². The molecule has 0 radical (unpaired) electrons. The Labute approximate surface area is 173 Å². The molecule has 1 heterocycles. The number of aliphatic carboxylic acids is 1. The van der Waals surface area contributed by atoms with Crippen molar-refractivity contribution in [3.63, 3.8) is 0 Å². The number of halogens is 1. The summed E-state index contributed by atoms with van der Waals surface area (Å²) in [7, 11) is 1.64. The van der Waals surface area contributed by atoms with E-state index >= 15 is 0 Å². The molecule has 0 spiro atoms. The molecule has 0 saturated heterocycles. The molecule has 1 aliphatic rings. The minimum Gasteiger partial charge on any atom is -0.478 e. The van der Waals surface area contributed by atoms with E-state index in [0.29, 0.717) is 12.1 Å². The van der Waals surface area contributed by atoms with E-state index in [0.717, 1.165) is 5.57 Å². The number of carboxylic acid groups (broad SMARTS) is 1. The summed E-state index contributed by atoms with van der Waals surface area (Å²) in [6.45, 7) is 3.48. The number of amides is 1. The van der Waals surface area contributed by atoms with Gasteiger partial charge in [0, 0.05) is 18.7 Å². The van der Waals surface area contributed by atoms with E-state index in [4.69, 9.17) is 9.84 Å². The maximum absolute atomic E-state index is 13.5. The third-order valence-electron chi connectivity index (χ3n) is 4.65. The molecule has 1 atom stereocenters. The summed E-state index contributed by atoms with van der Waals surface area (Å²) >= 11 is 0. The Morgan fingerprint density at radius 1 is 1.33 bits per heavy atom. The maximum atomic E-state index is 13.5. The van der Waals surface area contributed by atoms with Gasteiger partial charge in [0.1, 0.15) is 17.1 Å². The fraction of sp³-hybridized carbons (Fsp3) is 0.227. The number of benzene rings is 1. The molecule has 3 rings (SSSR count). The van der Waals surface area contributed by atoms with Crippen LogP contribution in [-0.4, -0.2) is 32.8 Å². The highest BCUT2D eigenvalue weighted by Gasteiger charge is 2.24. The lowest BCUT2D eigenvalue weighted by atomic mass is 10.1. The third kappa shape index (κ3) is 4.65. The molecule has 0 unspecified atom stereocenters. The summed E-state index contributed by atoms with van der Waals surface area (Å²) in [5.74, 6) is -1.38. The zero-order valence-corrected chi connectivity index (χ0v) is 16.8. The molecule has 1 aromatic carbocycles. The van der Waals surface area contributed by atoms with Crippen LogP contribution in [-0.2, 0) is 11.8 Å². The van der Waals surface area contributed by atoms with Crippen molar-refractivity contribution >= 4 is 11.9 Å². The summed E-state index contributed by atoms with van der Waals surface area (Å²) in [4.78, 5) is 24.1. The fourth-order valence-corrected chi connectivity index (χ4v) is 3.10. The number of nitrogens with zero attached hydrogens (tertiary/aromatic N) is 2. The molecule has 7 nitrogen and oxygen atoms in total. The van der Waals surface area contributed by atoms with Gasteiger partial charge < -0.3 is 15.2 Å². The molecule has 0 fully saturated rings. The average molecular weight is 411 g/mol. The standard InChI is InChI=1S/C22H22FN3O4/c1-13(15-6-4-7-16(11-10-15)22(28)29)24-20(27)19-14(2)25-26(3)21(19)30-18-9-5-8-17(23)12-18/h4-6,8-13H,7H2,1-3H3,(H,24,27)(H,28,29)/t13-/m0/s1. The Kier molecular flexibility index (Phi) is 6.15. The van der Waals surface area contributed by atoms with Gasteiger partial charge in [-0.25, -0.2) is 13.9 Å². The van der Waals surface area contributed by atoms with Crippen molar-refractivity contribution in [3.05, 3.63) is 76.8 Å². The van der Waals surface area contributed by atoms with E-state index in [2.05, 4.69) is 10.4 Å². The lowest BCUT2D eigenvalue weighted by Gasteiger charge is -2.16. The minimum absolute atomic E-state index is 0.196. The van der Waals surface area contributed by atoms with Crippen LogP contribution in [0.15, 0.2) is 59.7 Å². The van der Waals surface area contributed by atoms with E-state index in [1.165, 1.54) is 29.0 Å². The number of ether oxygens (including phenoxy) is 1. The van der Waals surface area contributed by atoms with E-state index in [1.54, 1.807) is 45.2 Å². The normalized spacial score (nSPS) is 14.4. The van der Waals surface area contributed by atoms with E-state index in [9.17, 15) is 14.0 Å². The number of carbonyl (C=O) groups excluding carboxylic acids is 1. The van der Waals surface area contributed by atoms with Crippen LogP contribution in [0.1, 0.15) is 29.4 Å². The number of hydrogen-bond acceptors (Lipinski definition) is 4. The van der Waals surface area contributed by atoms with Gasteiger partial charge in [-0.05, 0) is 38.0 Å². The molecule has 8 heteroatoms. The zero-order chi connectivity index (χ0) is 21.8. The third-order valence-corrected chi connectivity index (χ3v) is 4.65. The molecule has 0 aliphatic heterocycles. The molecule has 2 aromatic rings. The van der Waals surface area contributed by atoms with Crippen LogP contribution in [0.25, 0.3) is 0 Å². The average Bonchev–Trinajstić information content (AvgIpc) is 2.85. The van der Waals surface area contributed by atoms with Crippen LogP contribution in [0.4, 0.5) is 4.39 Å². The first kappa shape index (κ1) is 21.0. The van der Waals surface area contributed by atoms with Crippen LogP contribution in [0.5, 0.6) is 11.6 Å². The number of aromatic nitrogens is 2. The minimum atomic E-state index is -0.973. The smallest absolute Gasteiger partial charge is 0.331 e. The van der Waals surface area contributed by atoms with Gasteiger partial charge >= 0.3 is 5.97 Å². The molecule has 0 saturated carbocycles. The van der Waals surface area contributed by atoms with E-state index < -0.39 is 17.7 Å². The monoisotopic (exact) mass is 411 g/mol. The number of nitrogens with one attached hydrogen (secondary N) is 1. The molecule has 2 N–H and O–H groups in total. The number of aryl methyl sites for hydroxylation is 2. The van der Waals surface area contributed by atoms with Gasteiger partial charge in [-0.1, -0.05) is 30.4 Å². The second-order valence-corrected chi connectivity index (χ2v) is 6.91. The second-order valence-electron chi connectivity index (χ2n) is 6.91. The van der Waals surface area contributed by atoms with E-state index in [1.807, 2.05) is 0 Å². The Morgan fingerprint density at radius 2 is 2.10 bits per heavy atom. The summed E-state index contributed by atoms with van der Waals surface area (Å²) in [6.07, 6.45) is 7.06. The molecule has 156 valence electrons. The van der Waals surface area contributed by atoms with Gasteiger partial charge in [-0.15, -0.1) is 0 Å². The molecule has 30 heavy (non-hydrogen) atoms. The molecular weight excluding hydrogens is 389 g/mol. The Morgan fingerprint density at radius 3 is 2.80 bits per heavy atom. The molecule has 1 aliphatic carbocycles. The molecular formula is C22H22FN3O4. The van der Waals surface area contributed by atoms with Gasteiger partial charge in [0.25, 0.3) is 5.91 Å². The first-order chi connectivity index (χ1) is 14.3. The maximum Gasteiger partial charge on any atom is 0.331 e. The number of carbonyl (C=O) groups is 2. The van der Waals surface area contributed by atoms with Gasteiger partial charge in [0.15, 0.2) is 0 Å². The second kappa shape index (κ2) is 8.77. The first-order valence-electron chi connectivity index (χ1n) is 9.34. The predicted octanol–water partition coefficient (Wildman–Crippen LogP) is 3.68. The summed E-state index contributed by atoms with van der Waals surface area (Å²) in [6, 6.07) is 5.23. The van der Waals surface area contributed by atoms with Crippen LogP contribution in [0, 0.1) is 12.7 Å². The number of allylic oxidation sites excluding steroid dienone is 3. The molecule has 1 aromatic heterocycles. The first-order valence-corrected chi connectivity index (χ1v) is 9.34. The quantitative estimate of drug-likeness (QED) is 0.756. The van der Waals surface area contributed by atoms with Gasteiger partial charge in [-0.2, -0.15) is 5.10 Å². The van der Waals surface area contributed by atoms with Crippen molar-refractivity contribution in [3.8, 4) is 11.6 Å². The Hall–Kier alpha value is -3.68. The SMILES string of the molecule is Cc1nn(C)c(Oc2cccc(F)c2)c1C(=O)N[C@@H](C)C1=CC=C(C(=O)O)CC=C1. The summed E-state index contributed by atoms with van der Waals surface area (Å²) in [5, 5.41) is 16.3. The van der Waals surface area contributed by atoms with Crippen LogP contribution >= 0.6 is 0 Å². The lowest BCUT2D eigenvalue weighted by molar-refractivity contribution is -0.132. The predicted molar refractivity (Wildman–Crippen MR) is 109 cm³/mol. The highest BCUT2D eigenvalue weighted by molar-refractivity contribution is 5.98. The van der Waals surface area contributed by atoms with Crippen LogP contribution in [0.3, 0.4) is 0 Å². The van der Waals surface area contributed by atoms with Gasteiger partial charge in [-0.3, -0.25) is 4.79 Å². The van der Waals surface area contributed by atoms with Gasteiger partial charge in [0.05, 0.1) is 11.7 Å². The molecule has 0 bridgehead atoms. The Bertz CT molecular complexity index is 1080. The topological polar surface area (TPSA) is 93.5 Å².